The van der Waals surface area contributed by atoms with Gasteiger partial charge in [-0.2, -0.15) is 19.6 Å². The lowest BCUT2D eigenvalue weighted by molar-refractivity contribution is 0.602. The van der Waals surface area contributed by atoms with Gasteiger partial charge >= 0.3 is 0 Å². The Bertz CT molecular complexity index is 992. The molecule has 2 aromatic heterocycles. The predicted molar refractivity (Wildman–Crippen MR) is 90.3 cm³/mol. The molecule has 2 N–H and O–H groups in total. The molecule has 3 aromatic rings. The number of anilines is 3. The first kappa shape index (κ1) is 14.9. The van der Waals surface area contributed by atoms with Crippen molar-refractivity contribution in [3.63, 3.8) is 0 Å². The fourth-order valence-corrected chi connectivity index (χ4v) is 2.98. The average molecular weight is 344 g/mol. The lowest BCUT2D eigenvalue weighted by Gasteiger charge is -2.11. The number of aromatic nitrogens is 4. The predicted octanol–water partition coefficient (Wildman–Crippen LogP) is 1.85. The standard InChI is InChI=1S/C15H16N6O2S/c1-24(22,23)12-6-4-11(5-7-12)19-14-8-13(18-10-2-3-10)20-15-16-9-17-21(14)15/h4-10,19H,2-3H2,1H3,(H,16,17,18,20). The number of nitrogens with one attached hydrogen (secondary N) is 2. The number of benzene rings is 1. The van der Waals surface area contributed by atoms with E-state index in [0.717, 1.165) is 24.3 Å². The van der Waals surface area contributed by atoms with Gasteiger partial charge in [-0.05, 0) is 37.1 Å². The van der Waals surface area contributed by atoms with Crippen LogP contribution in [-0.4, -0.2) is 40.3 Å². The van der Waals surface area contributed by atoms with Gasteiger partial charge in [0, 0.05) is 24.1 Å². The summed E-state index contributed by atoms with van der Waals surface area (Å²) in [5, 5.41) is 10.7. The summed E-state index contributed by atoms with van der Waals surface area (Å²) in [6.07, 6.45) is 4.93. The highest BCUT2D eigenvalue weighted by molar-refractivity contribution is 7.90. The summed E-state index contributed by atoms with van der Waals surface area (Å²) < 4.78 is 24.7. The second kappa shape index (κ2) is 5.45. The number of hydrogen-bond donors (Lipinski definition) is 2. The Kier molecular flexibility index (Phi) is 3.38. The van der Waals surface area contributed by atoms with Gasteiger partial charge in [0.1, 0.15) is 18.0 Å². The summed E-state index contributed by atoms with van der Waals surface area (Å²) >= 11 is 0. The molecule has 8 nitrogen and oxygen atoms in total. The highest BCUT2D eigenvalue weighted by atomic mass is 32.2. The van der Waals surface area contributed by atoms with Crippen LogP contribution in [0.2, 0.25) is 0 Å². The first-order chi connectivity index (χ1) is 11.5. The van der Waals surface area contributed by atoms with Crippen LogP contribution in [0.25, 0.3) is 5.78 Å². The third-order valence-corrected chi connectivity index (χ3v) is 4.86. The summed E-state index contributed by atoms with van der Waals surface area (Å²) in [6, 6.07) is 8.91. The number of hydrogen-bond acceptors (Lipinski definition) is 7. The zero-order valence-corrected chi connectivity index (χ0v) is 13.8. The molecule has 4 rings (SSSR count). The smallest absolute Gasteiger partial charge is 0.256 e. The monoisotopic (exact) mass is 344 g/mol. The van der Waals surface area contributed by atoms with E-state index in [-0.39, 0.29) is 4.90 Å². The van der Waals surface area contributed by atoms with Gasteiger partial charge in [-0.25, -0.2) is 8.42 Å². The van der Waals surface area contributed by atoms with Crippen molar-refractivity contribution < 1.29 is 8.42 Å². The second-order valence-electron chi connectivity index (χ2n) is 5.84. The molecule has 1 saturated carbocycles. The van der Waals surface area contributed by atoms with Crippen molar-refractivity contribution in [3.8, 4) is 0 Å². The molecule has 0 bridgehead atoms. The van der Waals surface area contributed by atoms with Gasteiger partial charge < -0.3 is 10.6 Å². The second-order valence-corrected chi connectivity index (χ2v) is 7.85. The van der Waals surface area contributed by atoms with Crippen LogP contribution in [0.15, 0.2) is 41.6 Å². The van der Waals surface area contributed by atoms with Crippen LogP contribution >= 0.6 is 0 Å². The zero-order valence-electron chi connectivity index (χ0n) is 13.0. The fraction of sp³-hybridized carbons (Fsp3) is 0.267. The molecule has 1 aliphatic rings. The van der Waals surface area contributed by atoms with Crippen LogP contribution in [0.3, 0.4) is 0 Å². The molecule has 0 unspecified atom stereocenters. The maximum atomic E-state index is 11.5. The lowest BCUT2D eigenvalue weighted by atomic mass is 10.3. The molecule has 0 aliphatic heterocycles. The Labute approximate surface area is 138 Å². The SMILES string of the molecule is CS(=O)(=O)c1ccc(Nc2cc(NC3CC3)nc3ncnn23)cc1. The van der Waals surface area contributed by atoms with Crippen molar-refractivity contribution in [1.29, 1.82) is 0 Å². The zero-order chi connectivity index (χ0) is 16.7. The number of nitrogens with zero attached hydrogens (tertiary/aromatic N) is 4. The Morgan fingerprint density at radius 1 is 1.21 bits per heavy atom. The largest absolute Gasteiger partial charge is 0.367 e. The minimum atomic E-state index is -3.21. The molecule has 124 valence electrons. The van der Waals surface area contributed by atoms with E-state index in [4.69, 9.17) is 0 Å². The van der Waals surface area contributed by atoms with Crippen LogP contribution in [0, 0.1) is 0 Å². The van der Waals surface area contributed by atoms with Crippen molar-refractivity contribution >= 4 is 32.9 Å². The quantitative estimate of drug-likeness (QED) is 0.728. The normalized spacial score (nSPS) is 14.7. The van der Waals surface area contributed by atoms with Gasteiger partial charge in [0.05, 0.1) is 4.90 Å². The van der Waals surface area contributed by atoms with Crippen LogP contribution in [0.4, 0.5) is 17.3 Å². The third kappa shape index (κ3) is 3.02. The Hall–Kier alpha value is -2.68. The van der Waals surface area contributed by atoms with Crippen molar-refractivity contribution in [1.82, 2.24) is 19.6 Å². The van der Waals surface area contributed by atoms with Crippen LogP contribution in [0.1, 0.15) is 12.8 Å². The van der Waals surface area contributed by atoms with Crippen LogP contribution in [-0.2, 0) is 9.84 Å². The maximum absolute atomic E-state index is 11.5. The van der Waals surface area contributed by atoms with Crippen molar-refractivity contribution in [2.75, 3.05) is 16.9 Å². The summed E-state index contributed by atoms with van der Waals surface area (Å²) in [4.78, 5) is 8.84. The van der Waals surface area contributed by atoms with Gasteiger partial charge in [0.15, 0.2) is 9.84 Å². The molecule has 24 heavy (non-hydrogen) atoms. The molecule has 9 heteroatoms. The molecule has 0 amide bonds. The first-order valence-corrected chi connectivity index (χ1v) is 9.43. The molecule has 2 heterocycles. The van der Waals surface area contributed by atoms with Crippen molar-refractivity contribution in [2.24, 2.45) is 0 Å². The van der Waals surface area contributed by atoms with Crippen molar-refractivity contribution in [2.45, 2.75) is 23.8 Å². The molecule has 0 saturated heterocycles. The van der Waals surface area contributed by atoms with Gasteiger partial charge in [-0.15, -0.1) is 0 Å². The van der Waals surface area contributed by atoms with Gasteiger partial charge in [-0.1, -0.05) is 0 Å². The van der Waals surface area contributed by atoms with E-state index in [9.17, 15) is 8.42 Å². The number of fused-ring (bicyclic) bond motifs is 1. The molecular weight excluding hydrogens is 328 g/mol. The van der Waals surface area contributed by atoms with E-state index in [2.05, 4.69) is 25.7 Å². The molecule has 1 aromatic carbocycles. The first-order valence-electron chi connectivity index (χ1n) is 7.53. The number of rotatable bonds is 5. The summed E-state index contributed by atoms with van der Waals surface area (Å²) in [7, 11) is -3.21. The fourth-order valence-electron chi connectivity index (χ4n) is 2.35. The molecule has 1 aliphatic carbocycles. The minimum Gasteiger partial charge on any atom is -0.367 e. The van der Waals surface area contributed by atoms with E-state index in [1.807, 2.05) is 6.07 Å². The molecule has 0 atom stereocenters. The Balaban J connectivity index is 1.66. The van der Waals surface area contributed by atoms with Crippen LogP contribution in [0.5, 0.6) is 0 Å². The molecule has 0 radical (unpaired) electrons. The highest BCUT2D eigenvalue weighted by Crippen LogP contribution is 2.26. The van der Waals surface area contributed by atoms with Crippen LogP contribution < -0.4 is 10.6 Å². The van der Waals surface area contributed by atoms with E-state index in [1.54, 1.807) is 28.8 Å². The van der Waals surface area contributed by atoms with Crippen molar-refractivity contribution in [3.05, 3.63) is 36.7 Å². The minimum absolute atomic E-state index is 0.282. The Morgan fingerprint density at radius 2 is 1.96 bits per heavy atom. The molecular formula is C15H16N6O2S. The highest BCUT2D eigenvalue weighted by Gasteiger charge is 2.22. The lowest BCUT2D eigenvalue weighted by Crippen LogP contribution is -2.08. The summed E-state index contributed by atoms with van der Waals surface area (Å²) in [6.45, 7) is 0. The third-order valence-electron chi connectivity index (χ3n) is 3.74. The number of sulfone groups is 1. The van der Waals surface area contributed by atoms with E-state index in [0.29, 0.717) is 17.6 Å². The van der Waals surface area contributed by atoms with Gasteiger partial charge in [0.25, 0.3) is 5.78 Å². The van der Waals surface area contributed by atoms with E-state index >= 15 is 0 Å². The van der Waals surface area contributed by atoms with Gasteiger partial charge in [-0.3, -0.25) is 0 Å². The molecule has 1 fully saturated rings. The molecule has 0 spiro atoms. The average Bonchev–Trinajstić information content (AvgIpc) is 3.21. The summed E-state index contributed by atoms with van der Waals surface area (Å²) in [5.41, 5.74) is 0.753. The van der Waals surface area contributed by atoms with E-state index in [1.165, 1.54) is 12.6 Å². The Morgan fingerprint density at radius 3 is 2.62 bits per heavy atom. The van der Waals surface area contributed by atoms with E-state index < -0.39 is 9.84 Å². The summed E-state index contributed by atoms with van der Waals surface area (Å²) in [5.74, 6) is 1.94. The topological polar surface area (TPSA) is 101 Å². The maximum Gasteiger partial charge on any atom is 0.256 e. The van der Waals surface area contributed by atoms with Gasteiger partial charge in [0.2, 0.25) is 0 Å².